The highest BCUT2D eigenvalue weighted by Crippen LogP contribution is 2.18. The highest BCUT2D eigenvalue weighted by molar-refractivity contribution is 4.79. The van der Waals surface area contributed by atoms with Gasteiger partial charge in [0.05, 0.1) is 0 Å². The third kappa shape index (κ3) is 3.34. The van der Waals surface area contributed by atoms with Gasteiger partial charge in [0.1, 0.15) is 0 Å². The van der Waals surface area contributed by atoms with E-state index in [1.165, 1.54) is 25.7 Å². The summed E-state index contributed by atoms with van der Waals surface area (Å²) in [5.41, 5.74) is 0. The maximum atomic E-state index is 4.21. The summed E-state index contributed by atoms with van der Waals surface area (Å²) in [5.74, 6) is 0. The van der Waals surface area contributed by atoms with Crippen LogP contribution < -0.4 is 5.32 Å². The largest absolute Gasteiger partial charge is 0.311 e. The minimum Gasteiger partial charge on any atom is -0.311 e. The van der Waals surface area contributed by atoms with Gasteiger partial charge in [0, 0.05) is 31.0 Å². The summed E-state index contributed by atoms with van der Waals surface area (Å²) in [5, 5.41) is 7.91. The smallest absolute Gasteiger partial charge is 0.0489 e. The van der Waals surface area contributed by atoms with Gasteiger partial charge in [-0.25, -0.2) is 0 Å². The van der Waals surface area contributed by atoms with Gasteiger partial charge in [0.25, 0.3) is 0 Å². The maximum absolute atomic E-state index is 4.21. The Hall–Kier alpha value is -0.830. The molecule has 0 bridgehead atoms. The highest BCUT2D eigenvalue weighted by Gasteiger charge is 2.16. The fourth-order valence-electron chi connectivity index (χ4n) is 2.34. The van der Waals surface area contributed by atoms with Crippen LogP contribution in [0.4, 0.5) is 0 Å². The molecule has 84 valence electrons. The first-order chi connectivity index (χ1) is 7.34. The van der Waals surface area contributed by atoms with Crippen molar-refractivity contribution in [3.05, 3.63) is 18.5 Å². The first kappa shape index (κ1) is 10.7. The predicted molar refractivity (Wildman–Crippen MR) is 61.7 cm³/mol. The average Bonchev–Trinajstić information content (AvgIpc) is 2.86. The lowest BCUT2D eigenvalue weighted by Crippen LogP contribution is -2.35. The molecule has 0 aromatic carbocycles. The summed E-state index contributed by atoms with van der Waals surface area (Å²) in [6.07, 6.45) is 10.6. The zero-order valence-electron chi connectivity index (χ0n) is 9.52. The van der Waals surface area contributed by atoms with Crippen molar-refractivity contribution >= 4 is 0 Å². The number of rotatable bonds is 5. The van der Waals surface area contributed by atoms with Gasteiger partial charge in [0.15, 0.2) is 0 Å². The lowest BCUT2D eigenvalue weighted by atomic mass is 10.2. The molecule has 1 aromatic heterocycles. The van der Waals surface area contributed by atoms with Gasteiger partial charge < -0.3 is 5.32 Å². The van der Waals surface area contributed by atoms with Crippen molar-refractivity contribution in [3.8, 4) is 0 Å². The molecule has 1 unspecified atom stereocenters. The summed E-state index contributed by atoms with van der Waals surface area (Å²) < 4.78 is 2.01. The lowest BCUT2D eigenvalue weighted by Gasteiger charge is -2.18. The van der Waals surface area contributed by atoms with E-state index in [9.17, 15) is 0 Å². The van der Waals surface area contributed by atoms with Gasteiger partial charge in [-0.3, -0.25) is 4.68 Å². The van der Waals surface area contributed by atoms with Gasteiger partial charge in [-0.2, -0.15) is 5.10 Å². The monoisotopic (exact) mass is 207 g/mol. The van der Waals surface area contributed by atoms with E-state index >= 15 is 0 Å². The van der Waals surface area contributed by atoms with Gasteiger partial charge in [-0.15, -0.1) is 0 Å². The predicted octanol–water partition coefficient (Wildman–Crippen LogP) is 2.19. The summed E-state index contributed by atoms with van der Waals surface area (Å²) in [4.78, 5) is 0. The first-order valence-electron chi connectivity index (χ1n) is 6.08. The SMILES string of the molecule is CC(CCn1cccn1)NC1CCCC1. The minimum absolute atomic E-state index is 0.609. The van der Waals surface area contributed by atoms with Crippen LogP contribution in [0.1, 0.15) is 39.0 Å². The number of aromatic nitrogens is 2. The molecule has 1 fully saturated rings. The number of nitrogens with one attached hydrogen (secondary N) is 1. The lowest BCUT2D eigenvalue weighted by molar-refractivity contribution is 0.404. The standard InChI is InChI=1S/C12H21N3/c1-11(14-12-5-2-3-6-12)7-10-15-9-4-8-13-15/h4,8-9,11-12,14H,2-3,5-7,10H2,1H3. The molecule has 3 heteroatoms. The average molecular weight is 207 g/mol. The van der Waals surface area contributed by atoms with Crippen molar-refractivity contribution in [2.45, 2.75) is 57.7 Å². The molecular formula is C12H21N3. The van der Waals surface area contributed by atoms with E-state index < -0.39 is 0 Å². The molecule has 2 rings (SSSR count). The number of hydrogen-bond acceptors (Lipinski definition) is 2. The maximum Gasteiger partial charge on any atom is 0.0489 e. The summed E-state index contributed by atoms with van der Waals surface area (Å²) in [7, 11) is 0. The fraction of sp³-hybridized carbons (Fsp3) is 0.750. The summed E-state index contributed by atoms with van der Waals surface area (Å²) >= 11 is 0. The van der Waals surface area contributed by atoms with Crippen LogP contribution in [0.3, 0.4) is 0 Å². The summed E-state index contributed by atoms with van der Waals surface area (Å²) in [6.45, 7) is 3.30. The van der Waals surface area contributed by atoms with Gasteiger partial charge in [0.2, 0.25) is 0 Å². The van der Waals surface area contributed by atoms with Crippen molar-refractivity contribution in [2.24, 2.45) is 0 Å². The summed E-state index contributed by atoms with van der Waals surface area (Å²) in [6, 6.07) is 3.37. The zero-order valence-corrected chi connectivity index (χ0v) is 9.52. The van der Waals surface area contributed by atoms with Crippen molar-refractivity contribution in [2.75, 3.05) is 0 Å². The molecule has 0 spiro atoms. The number of nitrogens with zero attached hydrogens (tertiary/aromatic N) is 2. The van der Waals surface area contributed by atoms with Crippen LogP contribution in [0.15, 0.2) is 18.5 Å². The first-order valence-corrected chi connectivity index (χ1v) is 6.08. The van der Waals surface area contributed by atoms with Crippen LogP contribution in [-0.4, -0.2) is 21.9 Å². The van der Waals surface area contributed by atoms with Crippen LogP contribution in [0.5, 0.6) is 0 Å². The van der Waals surface area contributed by atoms with Crippen molar-refractivity contribution in [1.29, 1.82) is 0 Å². The van der Waals surface area contributed by atoms with Crippen molar-refractivity contribution in [3.63, 3.8) is 0 Å². The molecule has 15 heavy (non-hydrogen) atoms. The Bertz CT molecular complexity index is 262. The Morgan fingerprint density at radius 1 is 1.47 bits per heavy atom. The molecule has 1 atom stereocenters. The van der Waals surface area contributed by atoms with E-state index in [-0.39, 0.29) is 0 Å². The van der Waals surface area contributed by atoms with E-state index in [4.69, 9.17) is 0 Å². The molecule has 1 heterocycles. The van der Waals surface area contributed by atoms with Gasteiger partial charge >= 0.3 is 0 Å². The topological polar surface area (TPSA) is 29.9 Å². The molecule has 1 aliphatic carbocycles. The second-order valence-electron chi connectivity index (χ2n) is 4.61. The molecular weight excluding hydrogens is 186 g/mol. The third-order valence-corrected chi connectivity index (χ3v) is 3.23. The van der Waals surface area contributed by atoms with Crippen molar-refractivity contribution < 1.29 is 0 Å². The minimum atomic E-state index is 0.609. The van der Waals surface area contributed by atoms with E-state index in [0.29, 0.717) is 6.04 Å². The molecule has 3 nitrogen and oxygen atoms in total. The van der Waals surface area contributed by atoms with Crippen LogP contribution in [-0.2, 0) is 6.54 Å². The van der Waals surface area contributed by atoms with Crippen molar-refractivity contribution in [1.82, 2.24) is 15.1 Å². The van der Waals surface area contributed by atoms with E-state index in [1.54, 1.807) is 0 Å². The second kappa shape index (κ2) is 5.31. The molecule has 0 aliphatic heterocycles. The van der Waals surface area contributed by atoms with Crippen LogP contribution in [0.25, 0.3) is 0 Å². The van der Waals surface area contributed by atoms with Gasteiger partial charge in [-0.1, -0.05) is 12.8 Å². The molecule has 0 radical (unpaired) electrons. The third-order valence-electron chi connectivity index (χ3n) is 3.23. The van der Waals surface area contributed by atoms with E-state index in [2.05, 4.69) is 17.3 Å². The molecule has 1 N–H and O–H groups in total. The molecule has 0 amide bonds. The quantitative estimate of drug-likeness (QED) is 0.802. The molecule has 1 saturated carbocycles. The highest BCUT2D eigenvalue weighted by atomic mass is 15.3. The Balaban J connectivity index is 1.66. The second-order valence-corrected chi connectivity index (χ2v) is 4.61. The van der Waals surface area contributed by atoms with E-state index in [0.717, 1.165) is 19.0 Å². The van der Waals surface area contributed by atoms with Crippen LogP contribution >= 0.6 is 0 Å². The van der Waals surface area contributed by atoms with Gasteiger partial charge in [-0.05, 0) is 32.3 Å². The number of hydrogen-bond donors (Lipinski definition) is 1. The van der Waals surface area contributed by atoms with Crippen LogP contribution in [0.2, 0.25) is 0 Å². The molecule has 0 saturated heterocycles. The molecule has 1 aliphatic rings. The zero-order chi connectivity index (χ0) is 10.5. The Morgan fingerprint density at radius 2 is 2.27 bits per heavy atom. The Morgan fingerprint density at radius 3 is 2.93 bits per heavy atom. The fourth-order valence-corrected chi connectivity index (χ4v) is 2.34. The number of aryl methyl sites for hydroxylation is 1. The van der Waals surface area contributed by atoms with Crippen LogP contribution in [0, 0.1) is 0 Å². The Kier molecular flexibility index (Phi) is 3.78. The molecule has 1 aromatic rings. The Labute approximate surface area is 91.9 Å². The van der Waals surface area contributed by atoms with E-state index in [1.807, 2.05) is 23.1 Å². The normalized spacial score (nSPS) is 19.5.